The Bertz CT molecular complexity index is 756. The second-order valence-electron chi connectivity index (χ2n) is 5.51. The number of aromatic hydroxyl groups is 1. The fraction of sp³-hybridized carbons (Fsp3) is 0.222. The van der Waals surface area contributed by atoms with Gasteiger partial charge in [0.1, 0.15) is 17.1 Å². The number of para-hydroxylation sites is 1. The van der Waals surface area contributed by atoms with Gasteiger partial charge in [0.2, 0.25) is 0 Å². The standard InChI is InChI=1S/C18H19NO2/c1-11-9-16(20)12(2)8-15(11)19-13(3)18-10-14-6-4-5-7-17(14)21-18/h4-10,13,19-20H,1-3H3. The number of hydrogen-bond donors (Lipinski definition) is 2. The maximum Gasteiger partial charge on any atom is 0.134 e. The van der Waals surface area contributed by atoms with Crippen molar-refractivity contribution >= 4 is 16.7 Å². The molecule has 3 rings (SSSR count). The first-order valence-corrected chi connectivity index (χ1v) is 7.10. The van der Waals surface area contributed by atoms with Crippen molar-refractivity contribution < 1.29 is 9.52 Å². The number of aryl methyl sites for hydroxylation is 2. The molecule has 1 atom stereocenters. The lowest BCUT2D eigenvalue weighted by atomic mass is 10.1. The SMILES string of the molecule is Cc1cc(NC(C)c2cc3ccccc3o2)c(C)cc1O. The highest BCUT2D eigenvalue weighted by molar-refractivity contribution is 5.78. The molecule has 21 heavy (non-hydrogen) atoms. The highest BCUT2D eigenvalue weighted by atomic mass is 16.3. The zero-order valence-corrected chi connectivity index (χ0v) is 12.5. The molecule has 0 saturated carbocycles. The Labute approximate surface area is 124 Å². The van der Waals surface area contributed by atoms with Crippen LogP contribution >= 0.6 is 0 Å². The van der Waals surface area contributed by atoms with E-state index in [4.69, 9.17) is 4.42 Å². The zero-order chi connectivity index (χ0) is 15.0. The first-order valence-electron chi connectivity index (χ1n) is 7.10. The number of hydrogen-bond acceptors (Lipinski definition) is 3. The van der Waals surface area contributed by atoms with E-state index in [0.717, 1.165) is 33.5 Å². The molecule has 0 spiro atoms. The van der Waals surface area contributed by atoms with E-state index >= 15 is 0 Å². The van der Waals surface area contributed by atoms with Crippen LogP contribution in [-0.4, -0.2) is 5.11 Å². The van der Waals surface area contributed by atoms with Gasteiger partial charge in [-0.15, -0.1) is 0 Å². The predicted octanol–water partition coefficient (Wildman–Crippen LogP) is 4.93. The van der Waals surface area contributed by atoms with Crippen molar-refractivity contribution in [3.8, 4) is 5.75 Å². The largest absolute Gasteiger partial charge is 0.508 e. The van der Waals surface area contributed by atoms with Gasteiger partial charge in [-0.05, 0) is 56.2 Å². The maximum atomic E-state index is 9.72. The molecule has 3 aromatic rings. The minimum absolute atomic E-state index is 0.0556. The normalized spacial score (nSPS) is 12.5. The van der Waals surface area contributed by atoms with Crippen LogP contribution in [0, 0.1) is 13.8 Å². The van der Waals surface area contributed by atoms with E-state index in [1.165, 1.54) is 0 Å². The molecule has 3 nitrogen and oxygen atoms in total. The van der Waals surface area contributed by atoms with Crippen molar-refractivity contribution in [2.75, 3.05) is 5.32 Å². The Morgan fingerprint density at radius 2 is 1.81 bits per heavy atom. The van der Waals surface area contributed by atoms with E-state index in [-0.39, 0.29) is 6.04 Å². The van der Waals surface area contributed by atoms with E-state index < -0.39 is 0 Å². The third kappa shape index (κ3) is 2.59. The molecule has 0 fully saturated rings. The van der Waals surface area contributed by atoms with E-state index in [1.807, 2.05) is 44.2 Å². The minimum atomic E-state index is 0.0556. The van der Waals surface area contributed by atoms with Crippen LogP contribution in [0.15, 0.2) is 46.9 Å². The Morgan fingerprint density at radius 1 is 1.05 bits per heavy atom. The number of fused-ring (bicyclic) bond motifs is 1. The van der Waals surface area contributed by atoms with Gasteiger partial charge in [0.05, 0.1) is 6.04 Å². The summed E-state index contributed by atoms with van der Waals surface area (Å²) in [6.45, 7) is 5.94. The van der Waals surface area contributed by atoms with Gasteiger partial charge >= 0.3 is 0 Å². The summed E-state index contributed by atoms with van der Waals surface area (Å²) < 4.78 is 5.88. The smallest absolute Gasteiger partial charge is 0.134 e. The van der Waals surface area contributed by atoms with E-state index in [2.05, 4.69) is 18.3 Å². The topological polar surface area (TPSA) is 45.4 Å². The number of phenolic OH excluding ortho intramolecular Hbond substituents is 1. The van der Waals surface area contributed by atoms with Crippen LogP contribution in [0.1, 0.15) is 29.9 Å². The quantitative estimate of drug-likeness (QED) is 0.669. The second kappa shape index (κ2) is 5.17. The lowest BCUT2D eigenvalue weighted by Gasteiger charge is -2.16. The monoisotopic (exact) mass is 281 g/mol. The third-order valence-electron chi connectivity index (χ3n) is 3.79. The molecular formula is C18H19NO2. The van der Waals surface area contributed by atoms with Crippen molar-refractivity contribution in [2.24, 2.45) is 0 Å². The van der Waals surface area contributed by atoms with Crippen molar-refractivity contribution in [3.63, 3.8) is 0 Å². The van der Waals surface area contributed by atoms with Gasteiger partial charge < -0.3 is 14.8 Å². The number of benzene rings is 2. The van der Waals surface area contributed by atoms with Gasteiger partial charge in [-0.1, -0.05) is 18.2 Å². The number of rotatable bonds is 3. The highest BCUT2D eigenvalue weighted by Crippen LogP contribution is 2.30. The van der Waals surface area contributed by atoms with Gasteiger partial charge in [-0.3, -0.25) is 0 Å². The second-order valence-corrected chi connectivity index (χ2v) is 5.51. The molecule has 0 aliphatic heterocycles. The molecule has 1 aromatic heterocycles. The van der Waals surface area contributed by atoms with E-state index in [0.29, 0.717) is 5.75 Å². The maximum absolute atomic E-state index is 9.72. The average Bonchev–Trinajstić information content (AvgIpc) is 2.88. The Morgan fingerprint density at radius 3 is 2.57 bits per heavy atom. The summed E-state index contributed by atoms with van der Waals surface area (Å²) in [5.74, 6) is 1.23. The van der Waals surface area contributed by atoms with Crippen LogP contribution < -0.4 is 5.32 Å². The number of nitrogens with one attached hydrogen (secondary N) is 1. The fourth-order valence-corrected chi connectivity index (χ4v) is 2.48. The lowest BCUT2D eigenvalue weighted by Crippen LogP contribution is -2.07. The molecule has 1 heterocycles. The van der Waals surface area contributed by atoms with Gasteiger partial charge in [-0.2, -0.15) is 0 Å². The van der Waals surface area contributed by atoms with Crippen molar-refractivity contribution in [2.45, 2.75) is 26.8 Å². The van der Waals surface area contributed by atoms with Crippen LogP contribution in [0.4, 0.5) is 5.69 Å². The van der Waals surface area contributed by atoms with E-state index in [1.54, 1.807) is 6.07 Å². The van der Waals surface area contributed by atoms with Gasteiger partial charge in [-0.25, -0.2) is 0 Å². The minimum Gasteiger partial charge on any atom is -0.508 e. The molecule has 2 N–H and O–H groups in total. The molecule has 0 bridgehead atoms. The number of anilines is 1. The summed E-state index contributed by atoms with van der Waals surface area (Å²) in [6, 6.07) is 13.9. The van der Waals surface area contributed by atoms with Crippen molar-refractivity contribution in [1.29, 1.82) is 0 Å². The molecule has 108 valence electrons. The summed E-state index contributed by atoms with van der Waals surface area (Å²) in [6.07, 6.45) is 0. The van der Waals surface area contributed by atoms with Crippen molar-refractivity contribution in [3.05, 3.63) is 59.4 Å². The fourth-order valence-electron chi connectivity index (χ4n) is 2.48. The molecule has 2 aromatic carbocycles. The summed E-state index contributed by atoms with van der Waals surface area (Å²) in [7, 11) is 0. The summed E-state index contributed by atoms with van der Waals surface area (Å²) in [4.78, 5) is 0. The molecule has 1 unspecified atom stereocenters. The van der Waals surface area contributed by atoms with Gasteiger partial charge in [0, 0.05) is 11.1 Å². The van der Waals surface area contributed by atoms with Gasteiger partial charge in [0.25, 0.3) is 0 Å². The Kier molecular flexibility index (Phi) is 3.34. The predicted molar refractivity (Wildman–Crippen MR) is 85.8 cm³/mol. The molecule has 0 amide bonds. The summed E-state index contributed by atoms with van der Waals surface area (Å²) >= 11 is 0. The molecule has 0 saturated heterocycles. The number of furan rings is 1. The third-order valence-corrected chi connectivity index (χ3v) is 3.79. The summed E-state index contributed by atoms with van der Waals surface area (Å²) in [5, 5.41) is 14.3. The van der Waals surface area contributed by atoms with Crippen LogP contribution in [0.2, 0.25) is 0 Å². The molecule has 3 heteroatoms. The Balaban J connectivity index is 1.89. The molecule has 0 radical (unpaired) electrons. The zero-order valence-electron chi connectivity index (χ0n) is 12.5. The van der Waals surface area contributed by atoms with E-state index in [9.17, 15) is 5.11 Å². The highest BCUT2D eigenvalue weighted by Gasteiger charge is 2.13. The van der Waals surface area contributed by atoms with Crippen LogP contribution in [0.25, 0.3) is 11.0 Å². The first-order chi connectivity index (χ1) is 10.0. The molecular weight excluding hydrogens is 262 g/mol. The van der Waals surface area contributed by atoms with Crippen LogP contribution in [0.5, 0.6) is 5.75 Å². The lowest BCUT2D eigenvalue weighted by molar-refractivity contribution is 0.470. The average molecular weight is 281 g/mol. The number of phenols is 1. The van der Waals surface area contributed by atoms with Gasteiger partial charge in [0.15, 0.2) is 0 Å². The molecule has 0 aliphatic rings. The van der Waals surface area contributed by atoms with Crippen molar-refractivity contribution in [1.82, 2.24) is 0 Å². The molecule has 0 aliphatic carbocycles. The van der Waals surface area contributed by atoms with Crippen LogP contribution in [0.3, 0.4) is 0 Å². The first kappa shape index (κ1) is 13.6. The Hall–Kier alpha value is -2.42. The van der Waals surface area contributed by atoms with Crippen LogP contribution in [-0.2, 0) is 0 Å². The summed E-state index contributed by atoms with van der Waals surface area (Å²) in [5.41, 5.74) is 3.79.